The number of fused-ring (bicyclic) bond motifs is 1. The Bertz CT molecular complexity index is 966. The normalized spacial score (nSPS) is 22.3. The molecule has 1 fully saturated rings. The number of hydrogen-bond acceptors (Lipinski definition) is 7. The van der Waals surface area contributed by atoms with Gasteiger partial charge in [0.05, 0.1) is 33.9 Å². The molecule has 0 N–H and O–H groups in total. The second-order valence-electron chi connectivity index (χ2n) is 7.25. The summed E-state index contributed by atoms with van der Waals surface area (Å²) in [4.78, 5) is 12.5. The van der Waals surface area contributed by atoms with Crippen molar-refractivity contribution in [2.75, 3.05) is 34.7 Å². The van der Waals surface area contributed by atoms with Crippen molar-refractivity contribution in [1.82, 2.24) is 0 Å². The molecule has 1 aromatic carbocycles. The van der Waals surface area contributed by atoms with Gasteiger partial charge in [-0.15, -0.1) is 0 Å². The third-order valence-electron chi connectivity index (χ3n) is 5.44. The molecule has 7 heteroatoms. The first-order valence-electron chi connectivity index (χ1n) is 9.72. The van der Waals surface area contributed by atoms with Crippen molar-refractivity contribution >= 4 is 5.97 Å². The Kier molecular flexibility index (Phi) is 5.72. The van der Waals surface area contributed by atoms with Crippen molar-refractivity contribution in [3.63, 3.8) is 0 Å². The minimum atomic E-state index is -0.279. The van der Waals surface area contributed by atoms with Gasteiger partial charge in [-0.05, 0) is 54.0 Å². The number of rotatable bonds is 7. The summed E-state index contributed by atoms with van der Waals surface area (Å²) >= 11 is 0. The number of esters is 1. The number of carbonyl (C=O) groups excluding carboxylic acids is 1. The van der Waals surface area contributed by atoms with E-state index in [0.29, 0.717) is 36.7 Å². The van der Waals surface area contributed by atoms with E-state index in [-0.39, 0.29) is 24.6 Å². The molecule has 1 saturated heterocycles. The molecule has 158 valence electrons. The summed E-state index contributed by atoms with van der Waals surface area (Å²) in [6.45, 7) is 0.627. The molecule has 0 spiro atoms. The van der Waals surface area contributed by atoms with Crippen LogP contribution in [-0.2, 0) is 30.2 Å². The van der Waals surface area contributed by atoms with Crippen LogP contribution in [0.4, 0.5) is 0 Å². The molecule has 0 bridgehead atoms. The molecule has 2 atom stereocenters. The van der Waals surface area contributed by atoms with Crippen molar-refractivity contribution in [2.45, 2.75) is 12.8 Å². The summed E-state index contributed by atoms with van der Waals surface area (Å²) in [5.41, 5.74) is 4.99. The molecule has 2 aliphatic heterocycles. The van der Waals surface area contributed by atoms with Gasteiger partial charge >= 0.3 is 5.97 Å². The van der Waals surface area contributed by atoms with Crippen LogP contribution in [0.25, 0.3) is 0 Å². The number of methoxy groups -OCH3 is 3. The fraction of sp³-hybridized carbons (Fsp3) is 0.391. The first-order valence-corrected chi connectivity index (χ1v) is 9.72. The van der Waals surface area contributed by atoms with E-state index in [0.717, 1.165) is 22.6 Å². The minimum Gasteiger partial charge on any atom is -0.492 e. The van der Waals surface area contributed by atoms with Gasteiger partial charge in [-0.1, -0.05) is 6.07 Å². The maximum Gasteiger partial charge on any atom is 0.309 e. The van der Waals surface area contributed by atoms with Crippen LogP contribution in [0.15, 0.2) is 58.9 Å². The second-order valence-corrected chi connectivity index (χ2v) is 7.25. The molecule has 0 amide bonds. The highest BCUT2D eigenvalue weighted by Gasteiger charge is 2.37. The van der Waals surface area contributed by atoms with Crippen LogP contribution < -0.4 is 9.47 Å². The van der Waals surface area contributed by atoms with Crippen molar-refractivity contribution in [3.05, 3.63) is 64.5 Å². The van der Waals surface area contributed by atoms with Crippen LogP contribution in [0.5, 0.6) is 11.5 Å². The summed E-state index contributed by atoms with van der Waals surface area (Å²) < 4.78 is 32.4. The summed E-state index contributed by atoms with van der Waals surface area (Å²) in [5.74, 6) is 2.52. The zero-order valence-electron chi connectivity index (χ0n) is 17.2. The molecule has 0 saturated carbocycles. The highest BCUT2D eigenvalue weighted by Crippen LogP contribution is 2.36. The first-order chi connectivity index (χ1) is 14.6. The van der Waals surface area contributed by atoms with Gasteiger partial charge in [-0.3, -0.25) is 4.79 Å². The lowest BCUT2D eigenvalue weighted by atomic mass is 9.84. The monoisotopic (exact) mass is 412 g/mol. The zero-order valence-corrected chi connectivity index (χ0v) is 17.2. The molecule has 0 radical (unpaired) electrons. The van der Waals surface area contributed by atoms with E-state index in [9.17, 15) is 4.79 Å². The fourth-order valence-corrected chi connectivity index (χ4v) is 3.87. The summed E-state index contributed by atoms with van der Waals surface area (Å²) in [6, 6.07) is 5.87. The van der Waals surface area contributed by atoms with Crippen molar-refractivity contribution < 1.29 is 33.2 Å². The molecule has 30 heavy (non-hydrogen) atoms. The Morgan fingerprint density at radius 2 is 1.83 bits per heavy atom. The lowest BCUT2D eigenvalue weighted by Gasteiger charge is -2.16. The number of allylic oxidation sites excluding steroid dienone is 2. The Balaban J connectivity index is 1.54. The van der Waals surface area contributed by atoms with Gasteiger partial charge in [-0.2, -0.15) is 0 Å². The molecule has 4 rings (SSSR count). The van der Waals surface area contributed by atoms with Gasteiger partial charge in [0.15, 0.2) is 23.0 Å². The van der Waals surface area contributed by atoms with E-state index in [1.807, 2.05) is 30.4 Å². The molecular weight excluding hydrogens is 388 g/mol. The predicted molar refractivity (Wildman–Crippen MR) is 107 cm³/mol. The van der Waals surface area contributed by atoms with Crippen LogP contribution in [0.3, 0.4) is 0 Å². The van der Waals surface area contributed by atoms with Gasteiger partial charge in [0, 0.05) is 5.92 Å². The number of cyclic esters (lactones) is 1. The van der Waals surface area contributed by atoms with Gasteiger partial charge in [0.25, 0.3) is 0 Å². The smallest absolute Gasteiger partial charge is 0.309 e. The standard InChI is InChI=1S/C23H24O7/c1-25-17-7-15(10-20(26-2)21(11-17)27-3)8-18-16(12-28-23(18)24)6-14-4-5-19-22(9-14)30-13-29-19/h4-5,7,9-10,16,18H,6,8,12-13H2,1-3H3. The van der Waals surface area contributed by atoms with Crippen molar-refractivity contribution in [1.29, 1.82) is 0 Å². The molecule has 2 unspecified atom stereocenters. The quantitative estimate of drug-likeness (QED) is 0.503. The zero-order chi connectivity index (χ0) is 21.1. The summed E-state index contributed by atoms with van der Waals surface area (Å²) in [6.07, 6.45) is 4.89. The molecule has 2 heterocycles. The topological polar surface area (TPSA) is 72.5 Å². The number of benzene rings is 1. The Morgan fingerprint density at radius 3 is 2.60 bits per heavy atom. The lowest BCUT2D eigenvalue weighted by Crippen LogP contribution is -2.19. The molecule has 0 aromatic heterocycles. The summed E-state index contributed by atoms with van der Waals surface area (Å²) in [5, 5.41) is 0. The third kappa shape index (κ3) is 4.02. The molecule has 1 aliphatic carbocycles. The largest absolute Gasteiger partial charge is 0.492 e. The van der Waals surface area contributed by atoms with E-state index in [4.69, 9.17) is 28.4 Å². The van der Waals surface area contributed by atoms with Crippen LogP contribution in [0.1, 0.15) is 12.0 Å². The number of hydrogen-bond donors (Lipinski definition) is 0. The van der Waals surface area contributed by atoms with E-state index in [1.54, 1.807) is 21.3 Å². The average molecular weight is 412 g/mol. The highest BCUT2D eigenvalue weighted by atomic mass is 16.7. The number of carbonyl (C=O) groups is 1. The Hall–Kier alpha value is -3.31. The van der Waals surface area contributed by atoms with Crippen LogP contribution in [0, 0.1) is 11.8 Å². The maximum atomic E-state index is 12.5. The van der Waals surface area contributed by atoms with E-state index < -0.39 is 0 Å². The average Bonchev–Trinajstić information content (AvgIpc) is 3.30. The number of ether oxygens (including phenoxy) is 6. The van der Waals surface area contributed by atoms with Crippen molar-refractivity contribution in [2.24, 2.45) is 11.8 Å². The van der Waals surface area contributed by atoms with Crippen LogP contribution >= 0.6 is 0 Å². The van der Waals surface area contributed by atoms with E-state index in [2.05, 4.69) is 5.73 Å². The van der Waals surface area contributed by atoms with E-state index in [1.165, 1.54) is 0 Å². The molecular formula is C23H24O7. The Morgan fingerprint density at radius 1 is 1.00 bits per heavy atom. The SMILES string of the molecule is COC1=C=C(OC)C(OC)=CC(CC2C(=O)OCC2Cc2ccc3c(c2)OCO3)=C1. The van der Waals surface area contributed by atoms with E-state index >= 15 is 0 Å². The fourth-order valence-electron chi connectivity index (χ4n) is 3.87. The van der Waals surface area contributed by atoms with Crippen LogP contribution in [0.2, 0.25) is 0 Å². The first kappa shape index (κ1) is 20.0. The molecule has 3 aliphatic rings. The Labute approximate surface area is 175 Å². The molecule has 1 aromatic rings. The summed E-state index contributed by atoms with van der Waals surface area (Å²) in [7, 11) is 4.67. The van der Waals surface area contributed by atoms with Gasteiger partial charge < -0.3 is 28.4 Å². The van der Waals surface area contributed by atoms with Gasteiger partial charge in [-0.25, -0.2) is 0 Å². The maximum absolute atomic E-state index is 12.5. The van der Waals surface area contributed by atoms with Crippen molar-refractivity contribution in [3.8, 4) is 11.5 Å². The lowest BCUT2D eigenvalue weighted by molar-refractivity contribution is -0.141. The third-order valence-corrected chi connectivity index (χ3v) is 5.44. The predicted octanol–water partition coefficient (Wildman–Crippen LogP) is 3.27. The van der Waals surface area contributed by atoms with Gasteiger partial charge in [0.2, 0.25) is 12.6 Å². The highest BCUT2D eigenvalue weighted by molar-refractivity contribution is 5.75. The second kappa shape index (κ2) is 8.59. The van der Waals surface area contributed by atoms with Crippen LogP contribution in [-0.4, -0.2) is 40.7 Å². The molecule has 7 nitrogen and oxygen atoms in total. The van der Waals surface area contributed by atoms with Gasteiger partial charge in [0.1, 0.15) is 0 Å². The minimum absolute atomic E-state index is 0.0475.